The fourth-order valence-electron chi connectivity index (χ4n) is 3.55. The summed E-state index contributed by atoms with van der Waals surface area (Å²) in [4.78, 5) is 14.7. The molecule has 0 aliphatic carbocycles. The Balaban J connectivity index is 1.44. The van der Waals surface area contributed by atoms with Gasteiger partial charge in [0.2, 0.25) is 5.91 Å². The Hall–Kier alpha value is -2.81. The normalized spacial score (nSPS) is 13.6. The number of fused-ring (bicyclic) bond motifs is 2. The summed E-state index contributed by atoms with van der Waals surface area (Å²) in [6.45, 7) is 5.38. The van der Waals surface area contributed by atoms with E-state index < -0.39 is 0 Å². The highest BCUT2D eigenvalue weighted by molar-refractivity contribution is 7.99. The number of carbonyl (C=O) groups is 1. The van der Waals surface area contributed by atoms with Gasteiger partial charge in [-0.15, -0.1) is 10.2 Å². The van der Waals surface area contributed by atoms with Gasteiger partial charge in [-0.05, 0) is 41.8 Å². The highest BCUT2D eigenvalue weighted by Crippen LogP contribution is 2.33. The monoisotopic (exact) mass is 427 g/mol. The van der Waals surface area contributed by atoms with Gasteiger partial charge in [-0.1, -0.05) is 25.6 Å². The zero-order valence-electron chi connectivity index (χ0n) is 17.6. The number of hydrogen-bond acceptors (Lipinski definition) is 7. The molecule has 3 heterocycles. The third-order valence-electron chi connectivity index (χ3n) is 5.19. The average Bonchev–Trinajstić information content (AvgIpc) is 3.19. The van der Waals surface area contributed by atoms with E-state index in [1.54, 1.807) is 18.7 Å². The van der Waals surface area contributed by atoms with Crippen LogP contribution in [-0.4, -0.2) is 57.1 Å². The zero-order valence-corrected chi connectivity index (χ0v) is 18.4. The highest BCUT2D eigenvalue weighted by atomic mass is 32.2. The lowest BCUT2D eigenvalue weighted by molar-refractivity contribution is -0.129. The molecule has 9 heteroatoms. The van der Waals surface area contributed by atoms with E-state index >= 15 is 0 Å². The Morgan fingerprint density at radius 2 is 1.87 bits per heavy atom. The van der Waals surface area contributed by atoms with E-state index in [9.17, 15) is 4.79 Å². The van der Waals surface area contributed by atoms with Crippen LogP contribution in [0.15, 0.2) is 29.3 Å². The van der Waals surface area contributed by atoms with Gasteiger partial charge in [0.05, 0.1) is 20.0 Å². The summed E-state index contributed by atoms with van der Waals surface area (Å²) in [5.41, 5.74) is 3.01. The average molecular weight is 428 g/mol. The maximum absolute atomic E-state index is 12.8. The van der Waals surface area contributed by atoms with Crippen molar-refractivity contribution in [3.05, 3.63) is 41.2 Å². The van der Waals surface area contributed by atoms with Crippen LogP contribution in [0.2, 0.25) is 0 Å². The molecule has 2 aromatic heterocycles. The predicted octanol–water partition coefficient (Wildman–Crippen LogP) is 2.94. The summed E-state index contributed by atoms with van der Waals surface area (Å²) in [6, 6.07) is 7.75. The number of carbonyl (C=O) groups excluding carboxylic acids is 1. The summed E-state index contributed by atoms with van der Waals surface area (Å²) in [6.07, 6.45) is 0.800. The maximum atomic E-state index is 12.8. The minimum atomic E-state index is 0.0928. The topological polar surface area (TPSA) is 81.9 Å². The number of aromatic nitrogens is 4. The van der Waals surface area contributed by atoms with Crippen molar-refractivity contribution in [1.82, 2.24) is 24.7 Å². The molecule has 0 spiro atoms. The first-order valence-electron chi connectivity index (χ1n) is 9.87. The first-order valence-corrected chi connectivity index (χ1v) is 10.9. The van der Waals surface area contributed by atoms with Gasteiger partial charge in [-0.25, -0.2) is 0 Å². The highest BCUT2D eigenvalue weighted by Gasteiger charge is 2.23. The molecule has 0 saturated carbocycles. The summed E-state index contributed by atoms with van der Waals surface area (Å²) >= 11 is 1.43. The molecule has 1 aliphatic rings. The van der Waals surface area contributed by atoms with Crippen molar-refractivity contribution < 1.29 is 14.3 Å². The van der Waals surface area contributed by atoms with Crippen LogP contribution in [0.3, 0.4) is 0 Å². The van der Waals surface area contributed by atoms with Crippen LogP contribution >= 0.6 is 11.8 Å². The van der Waals surface area contributed by atoms with Crippen molar-refractivity contribution in [3.8, 4) is 11.5 Å². The van der Waals surface area contributed by atoms with Gasteiger partial charge in [0.25, 0.3) is 0 Å². The number of hydrogen-bond donors (Lipinski definition) is 0. The smallest absolute Gasteiger partial charge is 0.233 e. The number of rotatable bonds is 6. The van der Waals surface area contributed by atoms with Gasteiger partial charge >= 0.3 is 0 Å². The number of nitrogens with zero attached hydrogens (tertiary/aromatic N) is 5. The summed E-state index contributed by atoms with van der Waals surface area (Å²) < 4.78 is 12.5. The van der Waals surface area contributed by atoms with E-state index in [1.165, 1.54) is 17.3 Å². The standard InChI is InChI=1S/C21H25N5O3S/c1-13(2)21-23-22-18-5-6-19(24-26(18)21)30-12-20(27)25-8-7-14-9-16(28-3)17(29-4)10-15(14)11-25/h5-6,9-10,13H,7-8,11-12H2,1-4H3. The van der Waals surface area contributed by atoms with Gasteiger partial charge in [0.1, 0.15) is 5.03 Å². The summed E-state index contributed by atoms with van der Waals surface area (Å²) in [5, 5.41) is 13.7. The lowest BCUT2D eigenvalue weighted by Gasteiger charge is -2.29. The minimum Gasteiger partial charge on any atom is -0.493 e. The molecule has 0 N–H and O–H groups in total. The third-order valence-corrected chi connectivity index (χ3v) is 6.10. The van der Waals surface area contributed by atoms with E-state index in [4.69, 9.17) is 9.47 Å². The molecule has 4 rings (SSSR count). The number of methoxy groups -OCH3 is 2. The van der Waals surface area contributed by atoms with Gasteiger partial charge in [-0.2, -0.15) is 9.61 Å². The summed E-state index contributed by atoms with van der Waals surface area (Å²) in [5.74, 6) is 2.87. The van der Waals surface area contributed by atoms with Gasteiger partial charge in [0.15, 0.2) is 23.0 Å². The largest absolute Gasteiger partial charge is 0.493 e. The Labute approximate surface area is 179 Å². The predicted molar refractivity (Wildman–Crippen MR) is 114 cm³/mol. The lowest BCUT2D eigenvalue weighted by Crippen LogP contribution is -2.37. The first kappa shape index (κ1) is 20.5. The van der Waals surface area contributed by atoms with Crippen molar-refractivity contribution in [2.24, 2.45) is 0 Å². The lowest BCUT2D eigenvalue weighted by atomic mass is 9.99. The molecule has 1 amide bonds. The fourth-order valence-corrected chi connectivity index (χ4v) is 4.31. The first-order chi connectivity index (χ1) is 14.5. The molecule has 8 nitrogen and oxygen atoms in total. The second kappa shape index (κ2) is 8.51. The molecule has 30 heavy (non-hydrogen) atoms. The maximum Gasteiger partial charge on any atom is 0.233 e. The van der Waals surface area contributed by atoms with Crippen LogP contribution in [0.4, 0.5) is 0 Å². The van der Waals surface area contributed by atoms with Crippen molar-refractivity contribution in [3.63, 3.8) is 0 Å². The molecular weight excluding hydrogens is 402 g/mol. The molecule has 0 unspecified atom stereocenters. The SMILES string of the molecule is COc1cc2c(cc1OC)CN(C(=O)CSc1ccc3nnc(C(C)C)n3n1)CC2. The molecule has 0 radical (unpaired) electrons. The van der Waals surface area contributed by atoms with Crippen molar-refractivity contribution in [2.45, 2.75) is 37.8 Å². The van der Waals surface area contributed by atoms with E-state index in [0.717, 1.165) is 28.6 Å². The minimum absolute atomic E-state index is 0.0928. The van der Waals surface area contributed by atoms with Crippen molar-refractivity contribution in [1.29, 1.82) is 0 Å². The molecule has 3 aromatic rings. The molecule has 0 fully saturated rings. The molecule has 0 saturated heterocycles. The number of ether oxygens (including phenoxy) is 2. The molecule has 0 bridgehead atoms. The van der Waals surface area contributed by atoms with E-state index in [0.29, 0.717) is 30.2 Å². The van der Waals surface area contributed by atoms with Crippen LogP contribution in [-0.2, 0) is 17.8 Å². The number of thioether (sulfide) groups is 1. The number of amides is 1. The molecule has 1 aromatic carbocycles. The van der Waals surface area contributed by atoms with Crippen LogP contribution in [0.1, 0.15) is 36.7 Å². The van der Waals surface area contributed by atoms with Crippen LogP contribution in [0.5, 0.6) is 11.5 Å². The van der Waals surface area contributed by atoms with Gasteiger partial charge in [0, 0.05) is 19.0 Å². The zero-order chi connectivity index (χ0) is 21.3. The van der Waals surface area contributed by atoms with E-state index in [-0.39, 0.29) is 11.8 Å². The molecular formula is C21H25N5O3S. The molecule has 0 atom stereocenters. The van der Waals surface area contributed by atoms with Crippen molar-refractivity contribution >= 4 is 23.3 Å². The van der Waals surface area contributed by atoms with E-state index in [2.05, 4.69) is 29.1 Å². The Morgan fingerprint density at radius 3 is 2.57 bits per heavy atom. The molecule has 158 valence electrons. The van der Waals surface area contributed by atoms with Crippen molar-refractivity contribution in [2.75, 3.05) is 26.5 Å². The van der Waals surface area contributed by atoms with Crippen LogP contribution in [0, 0.1) is 0 Å². The Morgan fingerprint density at radius 1 is 1.13 bits per heavy atom. The Bertz CT molecular complexity index is 1080. The second-order valence-corrected chi connectivity index (χ2v) is 8.48. The second-order valence-electron chi connectivity index (χ2n) is 7.48. The Kier molecular flexibility index (Phi) is 5.80. The van der Waals surface area contributed by atoms with Gasteiger partial charge in [-0.3, -0.25) is 4.79 Å². The quantitative estimate of drug-likeness (QED) is 0.560. The molecule has 1 aliphatic heterocycles. The van der Waals surface area contributed by atoms with Crippen LogP contribution < -0.4 is 9.47 Å². The van der Waals surface area contributed by atoms with E-state index in [1.807, 2.05) is 29.2 Å². The van der Waals surface area contributed by atoms with Crippen LogP contribution in [0.25, 0.3) is 5.65 Å². The third kappa shape index (κ3) is 3.94. The summed E-state index contributed by atoms with van der Waals surface area (Å²) in [7, 11) is 3.26. The van der Waals surface area contributed by atoms with Gasteiger partial charge < -0.3 is 14.4 Å². The number of benzene rings is 1. The fraction of sp³-hybridized carbons (Fsp3) is 0.429.